The van der Waals surface area contributed by atoms with Crippen molar-refractivity contribution in [3.05, 3.63) is 33.0 Å². The Balaban J connectivity index is 2.68. The Hall–Kier alpha value is -1.01. The molecule has 0 fully saturated rings. The van der Waals surface area contributed by atoms with Gasteiger partial charge in [-0.25, -0.2) is 9.97 Å². The summed E-state index contributed by atoms with van der Waals surface area (Å²) in [7, 11) is 0. The van der Waals surface area contributed by atoms with Gasteiger partial charge in [-0.2, -0.15) is 0 Å². The Morgan fingerprint density at radius 3 is 2.48 bits per heavy atom. The number of aromatic nitrogens is 3. The summed E-state index contributed by atoms with van der Waals surface area (Å²) >= 11 is 7.14. The van der Waals surface area contributed by atoms with E-state index in [1.807, 2.05) is 19.1 Å². The molecule has 2 aromatic heterocycles. The van der Waals surface area contributed by atoms with Crippen LogP contribution in [0.4, 0.5) is 5.82 Å². The van der Waals surface area contributed by atoms with Gasteiger partial charge in [0.25, 0.3) is 0 Å². The number of hydrogen-bond donors (Lipinski definition) is 1. The first-order valence-electron chi connectivity index (χ1n) is 6.77. The topological polar surface area (TPSA) is 50.7 Å². The predicted octanol–water partition coefficient (Wildman–Crippen LogP) is 4.79. The fourth-order valence-corrected chi connectivity index (χ4v) is 3.23. The molecule has 0 amide bonds. The number of anilines is 1. The summed E-state index contributed by atoms with van der Waals surface area (Å²) in [6, 6.07) is 3.82. The lowest BCUT2D eigenvalue weighted by molar-refractivity contribution is 0.564. The second-order valence-electron chi connectivity index (χ2n) is 5.67. The summed E-state index contributed by atoms with van der Waals surface area (Å²) in [4.78, 5) is 13.7. The molecule has 2 rings (SSSR count). The van der Waals surface area contributed by atoms with Crippen LogP contribution in [-0.4, -0.2) is 21.5 Å². The normalized spacial score (nSPS) is 11.5. The van der Waals surface area contributed by atoms with Crippen molar-refractivity contribution in [3.63, 3.8) is 0 Å². The van der Waals surface area contributed by atoms with Gasteiger partial charge in [-0.3, -0.25) is 4.98 Å². The van der Waals surface area contributed by atoms with Gasteiger partial charge in [-0.05, 0) is 50.9 Å². The van der Waals surface area contributed by atoms with Gasteiger partial charge in [-0.1, -0.05) is 20.8 Å². The summed E-state index contributed by atoms with van der Waals surface area (Å²) in [6.07, 6.45) is 1.75. The van der Waals surface area contributed by atoms with E-state index in [1.54, 1.807) is 6.20 Å². The molecule has 0 radical (unpaired) electrons. The minimum atomic E-state index is -0.0953. The van der Waals surface area contributed by atoms with Crippen LogP contribution in [0.15, 0.2) is 27.3 Å². The van der Waals surface area contributed by atoms with Crippen molar-refractivity contribution in [2.75, 3.05) is 11.9 Å². The summed E-state index contributed by atoms with van der Waals surface area (Å²) < 4.78 is 1.79. The van der Waals surface area contributed by atoms with Gasteiger partial charge in [-0.15, -0.1) is 0 Å². The van der Waals surface area contributed by atoms with Gasteiger partial charge < -0.3 is 5.32 Å². The second kappa shape index (κ2) is 6.40. The maximum atomic E-state index is 4.73. The van der Waals surface area contributed by atoms with Crippen LogP contribution in [0.5, 0.6) is 0 Å². The van der Waals surface area contributed by atoms with E-state index in [9.17, 15) is 0 Å². The molecule has 1 N–H and O–H groups in total. The SMILES string of the molecule is CCNc1nc(-c2ncccc2Br)nc(C(C)(C)C)c1Br. The number of halogens is 2. The molecule has 0 atom stereocenters. The summed E-state index contributed by atoms with van der Waals surface area (Å²) in [5.41, 5.74) is 1.61. The van der Waals surface area contributed by atoms with Crippen LogP contribution >= 0.6 is 31.9 Å². The van der Waals surface area contributed by atoms with E-state index in [0.29, 0.717) is 5.82 Å². The van der Waals surface area contributed by atoms with Crippen LogP contribution in [0.1, 0.15) is 33.4 Å². The van der Waals surface area contributed by atoms with Crippen LogP contribution in [-0.2, 0) is 5.41 Å². The zero-order chi connectivity index (χ0) is 15.6. The minimum Gasteiger partial charge on any atom is -0.369 e. The molecule has 0 aliphatic carbocycles. The van der Waals surface area contributed by atoms with Crippen LogP contribution < -0.4 is 5.32 Å². The predicted molar refractivity (Wildman–Crippen MR) is 93.5 cm³/mol. The first-order valence-corrected chi connectivity index (χ1v) is 8.36. The Kier molecular flexibility index (Phi) is 4.99. The average Bonchev–Trinajstić information content (AvgIpc) is 2.41. The minimum absolute atomic E-state index is 0.0953. The van der Waals surface area contributed by atoms with Crippen molar-refractivity contribution in [1.82, 2.24) is 15.0 Å². The number of rotatable bonds is 3. The second-order valence-corrected chi connectivity index (χ2v) is 7.32. The molecule has 6 heteroatoms. The number of nitrogens with one attached hydrogen (secondary N) is 1. The molecule has 21 heavy (non-hydrogen) atoms. The van der Waals surface area contributed by atoms with Crippen molar-refractivity contribution >= 4 is 37.7 Å². The third-order valence-corrected chi connectivity index (χ3v) is 4.27. The van der Waals surface area contributed by atoms with E-state index >= 15 is 0 Å². The van der Waals surface area contributed by atoms with Crippen molar-refractivity contribution in [3.8, 4) is 11.5 Å². The lowest BCUT2D eigenvalue weighted by Gasteiger charge is -2.22. The number of pyridine rings is 1. The zero-order valence-electron chi connectivity index (χ0n) is 12.5. The molecule has 0 aliphatic heterocycles. The van der Waals surface area contributed by atoms with Gasteiger partial charge in [0.2, 0.25) is 0 Å². The molecule has 0 saturated heterocycles. The Morgan fingerprint density at radius 2 is 1.90 bits per heavy atom. The molecular formula is C15H18Br2N4. The summed E-state index contributed by atoms with van der Waals surface area (Å²) in [5, 5.41) is 3.28. The van der Waals surface area contributed by atoms with Crippen molar-refractivity contribution in [1.29, 1.82) is 0 Å². The van der Waals surface area contributed by atoms with Crippen LogP contribution in [0.3, 0.4) is 0 Å². The van der Waals surface area contributed by atoms with E-state index in [-0.39, 0.29) is 5.41 Å². The average molecular weight is 414 g/mol. The van der Waals surface area contributed by atoms with E-state index in [4.69, 9.17) is 4.98 Å². The molecule has 2 heterocycles. The Labute approximate surface area is 142 Å². The molecule has 2 aromatic rings. The lowest BCUT2D eigenvalue weighted by Crippen LogP contribution is -2.17. The van der Waals surface area contributed by atoms with Gasteiger partial charge in [0.05, 0.1) is 10.2 Å². The largest absolute Gasteiger partial charge is 0.369 e. The Morgan fingerprint density at radius 1 is 1.19 bits per heavy atom. The number of hydrogen-bond acceptors (Lipinski definition) is 4. The molecule has 112 valence electrons. The first kappa shape index (κ1) is 16.4. The molecule has 0 bridgehead atoms. The molecular weight excluding hydrogens is 396 g/mol. The monoisotopic (exact) mass is 412 g/mol. The summed E-state index contributed by atoms with van der Waals surface area (Å²) in [6.45, 7) is 9.23. The van der Waals surface area contributed by atoms with Gasteiger partial charge in [0.1, 0.15) is 11.5 Å². The van der Waals surface area contributed by atoms with Crippen LogP contribution in [0.2, 0.25) is 0 Å². The smallest absolute Gasteiger partial charge is 0.181 e. The molecule has 0 saturated carbocycles. The number of nitrogens with zero attached hydrogens (tertiary/aromatic N) is 3. The van der Waals surface area contributed by atoms with Gasteiger partial charge in [0, 0.05) is 22.6 Å². The highest BCUT2D eigenvalue weighted by atomic mass is 79.9. The fourth-order valence-electron chi connectivity index (χ4n) is 1.88. The molecule has 4 nitrogen and oxygen atoms in total. The van der Waals surface area contributed by atoms with E-state index in [0.717, 1.165) is 32.7 Å². The fraction of sp³-hybridized carbons (Fsp3) is 0.400. The first-order chi connectivity index (χ1) is 9.84. The standard InChI is InChI=1S/C15H18Br2N4/c1-5-18-13-10(17)12(15(2,3)4)20-14(21-13)11-9(16)7-6-8-19-11/h6-8H,5H2,1-4H3,(H,18,20,21). The summed E-state index contributed by atoms with van der Waals surface area (Å²) in [5.74, 6) is 1.41. The van der Waals surface area contributed by atoms with Crippen molar-refractivity contribution in [2.45, 2.75) is 33.1 Å². The molecule has 0 aromatic carbocycles. The maximum absolute atomic E-state index is 4.73. The van der Waals surface area contributed by atoms with Gasteiger partial charge in [0.15, 0.2) is 5.82 Å². The molecule has 0 aliphatic rings. The van der Waals surface area contributed by atoms with E-state index in [1.165, 1.54) is 0 Å². The van der Waals surface area contributed by atoms with Gasteiger partial charge >= 0.3 is 0 Å². The lowest BCUT2D eigenvalue weighted by atomic mass is 9.92. The highest BCUT2D eigenvalue weighted by Gasteiger charge is 2.24. The zero-order valence-corrected chi connectivity index (χ0v) is 15.7. The molecule has 0 spiro atoms. The maximum Gasteiger partial charge on any atom is 0.181 e. The third kappa shape index (κ3) is 3.61. The van der Waals surface area contributed by atoms with E-state index in [2.05, 4.69) is 67.9 Å². The quantitative estimate of drug-likeness (QED) is 0.785. The van der Waals surface area contributed by atoms with Crippen LogP contribution in [0.25, 0.3) is 11.5 Å². The van der Waals surface area contributed by atoms with Crippen LogP contribution in [0, 0.1) is 0 Å². The third-order valence-electron chi connectivity index (χ3n) is 2.88. The highest BCUT2D eigenvalue weighted by Crippen LogP contribution is 2.35. The molecule has 0 unspecified atom stereocenters. The highest BCUT2D eigenvalue weighted by molar-refractivity contribution is 9.11. The van der Waals surface area contributed by atoms with Crippen molar-refractivity contribution < 1.29 is 0 Å². The Bertz CT molecular complexity index is 651. The van der Waals surface area contributed by atoms with Crippen molar-refractivity contribution in [2.24, 2.45) is 0 Å². The van der Waals surface area contributed by atoms with E-state index < -0.39 is 0 Å².